The molecule has 0 unspecified atom stereocenters. The normalized spacial score (nSPS) is 15.8. The van der Waals surface area contributed by atoms with E-state index in [9.17, 15) is 19.5 Å². The zero-order valence-corrected chi connectivity index (χ0v) is 27.4. The number of hydrogen-bond acceptors (Lipinski definition) is 5. The fourth-order valence-corrected chi connectivity index (χ4v) is 6.12. The van der Waals surface area contributed by atoms with Crippen LogP contribution in [0.3, 0.4) is 0 Å². The second-order valence-electron chi connectivity index (χ2n) is 12.5. The Hall–Kier alpha value is -4.37. The summed E-state index contributed by atoms with van der Waals surface area (Å²) in [4.78, 5) is 41.3. The lowest BCUT2D eigenvalue weighted by atomic mass is 9.92. The van der Waals surface area contributed by atoms with Gasteiger partial charge in [-0.15, -0.1) is 0 Å². The van der Waals surface area contributed by atoms with Crippen molar-refractivity contribution in [2.45, 2.75) is 77.6 Å². The standard InChI is InChI=1S/C37H48N4O5/c1-25(2)34(41-20-12-19-38-37(41)45)36(44)39-30(21-28-15-7-5-8-16-28)23-32(42)31(22-29-17-9-6-10-18-29)40-33(43)24-46-35-26(3)13-11-14-27(35)4/h5-11,13-18,25,30-32,34,42H,12,19-24H2,1-4H3,(H,38,45)(H,39,44)(H,40,43)/t30-,31-,32-,34+/m0/s1. The Morgan fingerprint density at radius 2 is 1.50 bits per heavy atom. The third-order valence-electron chi connectivity index (χ3n) is 8.41. The average Bonchev–Trinajstić information content (AvgIpc) is 3.02. The summed E-state index contributed by atoms with van der Waals surface area (Å²) >= 11 is 0. The van der Waals surface area contributed by atoms with Crippen molar-refractivity contribution < 1.29 is 24.2 Å². The summed E-state index contributed by atoms with van der Waals surface area (Å²) in [6.45, 7) is 8.63. The van der Waals surface area contributed by atoms with Crippen LogP contribution in [0.5, 0.6) is 5.75 Å². The highest BCUT2D eigenvalue weighted by Crippen LogP contribution is 2.22. The smallest absolute Gasteiger partial charge is 0.318 e. The van der Waals surface area contributed by atoms with Gasteiger partial charge in [-0.1, -0.05) is 92.7 Å². The van der Waals surface area contributed by atoms with Gasteiger partial charge >= 0.3 is 6.03 Å². The first-order valence-electron chi connectivity index (χ1n) is 16.2. The minimum atomic E-state index is -0.992. The second-order valence-corrected chi connectivity index (χ2v) is 12.5. The Kier molecular flexibility index (Phi) is 12.6. The van der Waals surface area contributed by atoms with E-state index in [2.05, 4.69) is 16.0 Å². The van der Waals surface area contributed by atoms with Crippen LogP contribution < -0.4 is 20.7 Å². The van der Waals surface area contributed by atoms with Crippen molar-refractivity contribution in [3.05, 3.63) is 101 Å². The molecule has 1 aliphatic heterocycles. The topological polar surface area (TPSA) is 120 Å². The van der Waals surface area contributed by atoms with Crippen LogP contribution in [-0.4, -0.2) is 71.8 Å². The van der Waals surface area contributed by atoms with Crippen molar-refractivity contribution in [2.75, 3.05) is 19.7 Å². The second kappa shape index (κ2) is 16.8. The summed E-state index contributed by atoms with van der Waals surface area (Å²) in [5.74, 6) is -0.0493. The number of hydrogen-bond donors (Lipinski definition) is 4. The highest BCUT2D eigenvalue weighted by molar-refractivity contribution is 5.87. The number of rotatable bonds is 15. The van der Waals surface area contributed by atoms with Gasteiger partial charge in [0.25, 0.3) is 5.91 Å². The number of carbonyl (C=O) groups is 3. The number of ether oxygens (including phenoxy) is 1. The van der Waals surface area contributed by atoms with E-state index in [1.807, 2.05) is 107 Å². The van der Waals surface area contributed by atoms with Crippen LogP contribution in [0.1, 0.15) is 48.9 Å². The van der Waals surface area contributed by atoms with Gasteiger partial charge < -0.3 is 30.7 Å². The molecule has 0 radical (unpaired) electrons. The van der Waals surface area contributed by atoms with Gasteiger partial charge in [-0.3, -0.25) is 9.59 Å². The molecule has 3 aromatic rings. The molecular weight excluding hydrogens is 580 g/mol. The summed E-state index contributed by atoms with van der Waals surface area (Å²) in [5.41, 5.74) is 3.84. The van der Waals surface area contributed by atoms with Crippen molar-refractivity contribution in [3.63, 3.8) is 0 Å². The molecule has 9 heteroatoms. The molecule has 46 heavy (non-hydrogen) atoms. The monoisotopic (exact) mass is 628 g/mol. The predicted octanol–water partition coefficient (Wildman–Crippen LogP) is 4.33. The quantitative estimate of drug-likeness (QED) is 0.200. The van der Waals surface area contributed by atoms with Gasteiger partial charge in [0.05, 0.1) is 12.1 Å². The Bertz CT molecular complexity index is 1410. The Labute approximate surface area is 272 Å². The highest BCUT2D eigenvalue weighted by atomic mass is 16.5. The summed E-state index contributed by atoms with van der Waals surface area (Å²) in [5, 5.41) is 20.7. The van der Waals surface area contributed by atoms with Crippen molar-refractivity contribution >= 4 is 17.8 Å². The lowest BCUT2D eigenvalue weighted by Gasteiger charge is -2.37. The molecule has 4 N–H and O–H groups in total. The van der Waals surface area contributed by atoms with Gasteiger partial charge in [0.1, 0.15) is 11.8 Å². The molecule has 4 amide bonds. The molecule has 4 rings (SSSR count). The van der Waals surface area contributed by atoms with Crippen molar-refractivity contribution in [2.24, 2.45) is 5.92 Å². The number of para-hydroxylation sites is 1. The van der Waals surface area contributed by atoms with Crippen molar-refractivity contribution in [1.82, 2.24) is 20.9 Å². The number of benzene rings is 3. The fraction of sp³-hybridized carbons (Fsp3) is 0.432. The zero-order valence-electron chi connectivity index (χ0n) is 27.4. The van der Waals surface area contributed by atoms with Crippen LogP contribution in [0, 0.1) is 19.8 Å². The maximum absolute atomic E-state index is 13.8. The largest absolute Gasteiger partial charge is 0.483 e. The number of carbonyl (C=O) groups excluding carboxylic acids is 3. The number of aryl methyl sites for hydroxylation is 2. The number of aliphatic hydroxyl groups excluding tert-OH is 1. The van der Waals surface area contributed by atoms with E-state index in [1.165, 1.54) is 0 Å². The fourth-order valence-electron chi connectivity index (χ4n) is 6.12. The van der Waals surface area contributed by atoms with Crippen LogP contribution in [0.4, 0.5) is 4.79 Å². The molecule has 1 saturated heterocycles. The van der Waals surface area contributed by atoms with Gasteiger partial charge in [0, 0.05) is 19.1 Å². The van der Waals surface area contributed by atoms with Crippen LogP contribution >= 0.6 is 0 Å². The van der Waals surface area contributed by atoms with Gasteiger partial charge in [0.15, 0.2) is 6.61 Å². The first kappa shape index (κ1) is 34.5. The molecule has 1 fully saturated rings. The third kappa shape index (κ3) is 9.81. The molecule has 3 aromatic carbocycles. The third-order valence-corrected chi connectivity index (χ3v) is 8.41. The Morgan fingerprint density at radius 3 is 2.09 bits per heavy atom. The lowest BCUT2D eigenvalue weighted by Crippen LogP contribution is -2.59. The highest BCUT2D eigenvalue weighted by Gasteiger charge is 2.35. The Morgan fingerprint density at radius 1 is 0.891 bits per heavy atom. The molecular formula is C37H48N4O5. The summed E-state index contributed by atoms with van der Waals surface area (Å²) in [6.07, 6.45) is 0.831. The van der Waals surface area contributed by atoms with Gasteiger partial charge in [-0.25, -0.2) is 4.79 Å². The molecule has 0 bridgehead atoms. The summed E-state index contributed by atoms with van der Waals surface area (Å²) in [7, 11) is 0. The first-order chi connectivity index (χ1) is 22.1. The molecule has 9 nitrogen and oxygen atoms in total. The van der Waals surface area contributed by atoms with Gasteiger partial charge in [0.2, 0.25) is 5.91 Å². The van der Waals surface area contributed by atoms with Crippen molar-refractivity contribution in [1.29, 1.82) is 0 Å². The number of nitrogens with zero attached hydrogens (tertiary/aromatic N) is 1. The van der Waals surface area contributed by atoms with Gasteiger partial charge in [-0.2, -0.15) is 0 Å². The number of amides is 4. The molecule has 1 heterocycles. The zero-order chi connectivity index (χ0) is 33.1. The molecule has 0 spiro atoms. The molecule has 0 saturated carbocycles. The average molecular weight is 629 g/mol. The molecule has 4 atom stereocenters. The Balaban J connectivity index is 1.52. The number of urea groups is 1. The molecule has 246 valence electrons. The first-order valence-corrected chi connectivity index (χ1v) is 16.2. The molecule has 0 aliphatic carbocycles. The summed E-state index contributed by atoms with van der Waals surface area (Å²) < 4.78 is 5.90. The molecule has 0 aromatic heterocycles. The summed E-state index contributed by atoms with van der Waals surface area (Å²) in [6, 6.07) is 23.3. The predicted molar refractivity (Wildman–Crippen MR) is 180 cm³/mol. The van der Waals surface area contributed by atoms with E-state index in [0.717, 1.165) is 28.7 Å². The van der Waals surface area contributed by atoms with E-state index in [-0.39, 0.29) is 36.8 Å². The SMILES string of the molecule is Cc1cccc(C)c1OCC(=O)N[C@@H](Cc1ccccc1)[C@@H](O)C[C@H](Cc1ccccc1)NC(=O)[C@@H](C(C)C)N1CCCNC1=O. The van der Waals surface area contributed by atoms with E-state index < -0.39 is 24.2 Å². The van der Waals surface area contributed by atoms with Crippen LogP contribution in [0.2, 0.25) is 0 Å². The van der Waals surface area contributed by atoms with Crippen LogP contribution in [0.15, 0.2) is 78.9 Å². The maximum Gasteiger partial charge on any atom is 0.318 e. The van der Waals surface area contributed by atoms with E-state index in [0.29, 0.717) is 31.7 Å². The van der Waals surface area contributed by atoms with E-state index in [4.69, 9.17) is 4.74 Å². The maximum atomic E-state index is 13.8. The van der Waals surface area contributed by atoms with Gasteiger partial charge in [-0.05, 0) is 67.7 Å². The van der Waals surface area contributed by atoms with Crippen LogP contribution in [-0.2, 0) is 22.4 Å². The van der Waals surface area contributed by atoms with Crippen LogP contribution in [0.25, 0.3) is 0 Å². The lowest BCUT2D eigenvalue weighted by molar-refractivity contribution is -0.128. The minimum absolute atomic E-state index is 0.117. The van der Waals surface area contributed by atoms with Crippen molar-refractivity contribution in [3.8, 4) is 5.75 Å². The molecule has 1 aliphatic rings. The minimum Gasteiger partial charge on any atom is -0.483 e. The van der Waals surface area contributed by atoms with E-state index in [1.54, 1.807) is 4.90 Å². The van der Waals surface area contributed by atoms with E-state index >= 15 is 0 Å². The number of aliphatic hydroxyl groups is 1. The number of nitrogens with one attached hydrogen (secondary N) is 3.